The molecular weight excluding hydrogens is 240 g/mol. The molecule has 0 radical (unpaired) electrons. The fourth-order valence-corrected chi connectivity index (χ4v) is 1.65. The summed E-state index contributed by atoms with van der Waals surface area (Å²) >= 11 is 0. The first-order valence-electron chi connectivity index (χ1n) is 7.14. The van der Waals surface area contributed by atoms with E-state index < -0.39 is 0 Å². The molecule has 0 unspecified atom stereocenters. The summed E-state index contributed by atoms with van der Waals surface area (Å²) < 4.78 is 11.3. The molecule has 0 aliphatic carbocycles. The number of aromatic nitrogens is 1. The average molecular weight is 266 g/mol. The van der Waals surface area contributed by atoms with Gasteiger partial charge in [-0.25, -0.2) is 0 Å². The maximum Gasteiger partial charge on any atom is 0.127 e. The SMILES string of the molecule is CCCCOCCOc1cc(C)ncc1CNCC. The lowest BCUT2D eigenvalue weighted by Crippen LogP contribution is -2.14. The van der Waals surface area contributed by atoms with Crippen molar-refractivity contribution >= 4 is 0 Å². The van der Waals surface area contributed by atoms with E-state index >= 15 is 0 Å². The smallest absolute Gasteiger partial charge is 0.127 e. The van der Waals surface area contributed by atoms with Gasteiger partial charge in [0.1, 0.15) is 12.4 Å². The zero-order valence-electron chi connectivity index (χ0n) is 12.4. The van der Waals surface area contributed by atoms with Crippen LogP contribution in [0.25, 0.3) is 0 Å². The first kappa shape index (κ1) is 15.9. The highest BCUT2D eigenvalue weighted by Gasteiger charge is 2.04. The van der Waals surface area contributed by atoms with E-state index in [2.05, 4.69) is 24.1 Å². The number of hydrogen-bond donors (Lipinski definition) is 1. The normalized spacial score (nSPS) is 10.7. The lowest BCUT2D eigenvalue weighted by atomic mass is 10.2. The van der Waals surface area contributed by atoms with Gasteiger partial charge in [-0.15, -0.1) is 0 Å². The Labute approximate surface area is 116 Å². The van der Waals surface area contributed by atoms with E-state index in [1.807, 2.05) is 19.2 Å². The second kappa shape index (κ2) is 9.75. The maximum atomic E-state index is 5.79. The summed E-state index contributed by atoms with van der Waals surface area (Å²) in [6.45, 7) is 10.00. The molecule has 0 saturated carbocycles. The van der Waals surface area contributed by atoms with Crippen molar-refractivity contribution in [3.63, 3.8) is 0 Å². The minimum absolute atomic E-state index is 0.590. The summed E-state index contributed by atoms with van der Waals surface area (Å²) in [5.41, 5.74) is 2.07. The lowest BCUT2D eigenvalue weighted by molar-refractivity contribution is 0.0976. The van der Waals surface area contributed by atoms with Crippen molar-refractivity contribution in [2.45, 2.75) is 40.2 Å². The predicted molar refractivity (Wildman–Crippen MR) is 77.6 cm³/mol. The average Bonchev–Trinajstić information content (AvgIpc) is 2.42. The van der Waals surface area contributed by atoms with Gasteiger partial charge in [0.15, 0.2) is 0 Å². The molecule has 0 amide bonds. The molecule has 0 bridgehead atoms. The molecule has 0 spiro atoms. The van der Waals surface area contributed by atoms with Gasteiger partial charge in [-0.05, 0) is 19.9 Å². The predicted octanol–water partition coefficient (Wildman–Crippen LogP) is 2.70. The van der Waals surface area contributed by atoms with Crippen molar-refractivity contribution in [3.05, 3.63) is 23.5 Å². The summed E-state index contributed by atoms with van der Waals surface area (Å²) in [4.78, 5) is 4.31. The molecule has 1 aromatic heterocycles. The van der Waals surface area contributed by atoms with Crippen LogP contribution in [0.3, 0.4) is 0 Å². The van der Waals surface area contributed by atoms with Gasteiger partial charge in [-0.1, -0.05) is 20.3 Å². The Kier molecular flexibility index (Phi) is 8.18. The molecule has 0 aromatic carbocycles. The van der Waals surface area contributed by atoms with Gasteiger partial charge in [0, 0.05) is 36.7 Å². The second-order valence-electron chi connectivity index (χ2n) is 4.53. The molecule has 4 nitrogen and oxygen atoms in total. The van der Waals surface area contributed by atoms with Crippen LogP contribution >= 0.6 is 0 Å². The molecule has 0 fully saturated rings. The Bertz CT molecular complexity index is 356. The fourth-order valence-electron chi connectivity index (χ4n) is 1.65. The Hall–Kier alpha value is -1.13. The minimum Gasteiger partial charge on any atom is -0.491 e. The van der Waals surface area contributed by atoms with E-state index in [4.69, 9.17) is 9.47 Å². The highest BCUT2D eigenvalue weighted by Crippen LogP contribution is 2.18. The van der Waals surface area contributed by atoms with E-state index in [1.165, 1.54) is 0 Å². The van der Waals surface area contributed by atoms with Gasteiger partial charge in [0.25, 0.3) is 0 Å². The number of aryl methyl sites for hydroxylation is 1. The van der Waals surface area contributed by atoms with Crippen LogP contribution < -0.4 is 10.1 Å². The van der Waals surface area contributed by atoms with Crippen LogP contribution in [-0.2, 0) is 11.3 Å². The quantitative estimate of drug-likeness (QED) is 0.661. The molecule has 0 atom stereocenters. The standard InChI is InChI=1S/C15H26N2O2/c1-4-6-7-18-8-9-19-15-10-13(3)17-12-14(15)11-16-5-2/h10,12,16H,4-9,11H2,1-3H3. The summed E-state index contributed by atoms with van der Waals surface area (Å²) in [5.74, 6) is 0.910. The van der Waals surface area contributed by atoms with Crippen LogP contribution in [0.2, 0.25) is 0 Å². The summed E-state index contributed by atoms with van der Waals surface area (Å²) in [6.07, 6.45) is 4.16. The first-order valence-corrected chi connectivity index (χ1v) is 7.14. The van der Waals surface area contributed by atoms with E-state index in [0.29, 0.717) is 13.2 Å². The molecule has 0 saturated heterocycles. The molecule has 19 heavy (non-hydrogen) atoms. The molecule has 1 heterocycles. The van der Waals surface area contributed by atoms with Gasteiger partial charge in [0.05, 0.1) is 6.61 Å². The van der Waals surface area contributed by atoms with Crippen molar-refractivity contribution in [2.24, 2.45) is 0 Å². The number of rotatable bonds is 10. The zero-order chi connectivity index (χ0) is 13.9. The number of hydrogen-bond acceptors (Lipinski definition) is 4. The largest absolute Gasteiger partial charge is 0.491 e. The van der Waals surface area contributed by atoms with Gasteiger partial charge in [0.2, 0.25) is 0 Å². The topological polar surface area (TPSA) is 43.4 Å². The van der Waals surface area contributed by atoms with Gasteiger partial charge in [-0.2, -0.15) is 0 Å². The Morgan fingerprint density at radius 1 is 1.21 bits per heavy atom. The highest BCUT2D eigenvalue weighted by molar-refractivity contribution is 5.32. The molecule has 4 heteroatoms. The van der Waals surface area contributed by atoms with Crippen LogP contribution in [0.5, 0.6) is 5.75 Å². The summed E-state index contributed by atoms with van der Waals surface area (Å²) in [5, 5.41) is 3.29. The fraction of sp³-hybridized carbons (Fsp3) is 0.667. The monoisotopic (exact) mass is 266 g/mol. The molecular formula is C15H26N2O2. The van der Waals surface area contributed by atoms with Crippen molar-refractivity contribution in [1.29, 1.82) is 0 Å². The zero-order valence-corrected chi connectivity index (χ0v) is 12.4. The van der Waals surface area contributed by atoms with Crippen molar-refractivity contribution in [1.82, 2.24) is 10.3 Å². The third-order valence-electron chi connectivity index (χ3n) is 2.77. The molecule has 1 aromatic rings. The van der Waals surface area contributed by atoms with Crippen LogP contribution in [0.1, 0.15) is 37.9 Å². The van der Waals surface area contributed by atoms with Crippen LogP contribution in [0.4, 0.5) is 0 Å². The Morgan fingerprint density at radius 2 is 2.05 bits per heavy atom. The third kappa shape index (κ3) is 6.55. The molecule has 0 aliphatic rings. The highest BCUT2D eigenvalue weighted by atomic mass is 16.5. The Balaban J connectivity index is 2.39. The number of pyridine rings is 1. The van der Waals surface area contributed by atoms with Crippen LogP contribution in [0, 0.1) is 6.92 Å². The van der Waals surface area contributed by atoms with E-state index in [-0.39, 0.29) is 0 Å². The number of nitrogens with zero attached hydrogens (tertiary/aromatic N) is 1. The molecule has 0 aliphatic heterocycles. The van der Waals surface area contributed by atoms with E-state index in [0.717, 1.165) is 49.5 Å². The molecule has 1 rings (SSSR count). The molecule has 108 valence electrons. The van der Waals surface area contributed by atoms with Crippen LogP contribution in [0.15, 0.2) is 12.3 Å². The Morgan fingerprint density at radius 3 is 2.79 bits per heavy atom. The second-order valence-corrected chi connectivity index (χ2v) is 4.53. The van der Waals surface area contributed by atoms with E-state index in [9.17, 15) is 0 Å². The number of nitrogens with one attached hydrogen (secondary N) is 1. The third-order valence-corrected chi connectivity index (χ3v) is 2.77. The van der Waals surface area contributed by atoms with Crippen LogP contribution in [-0.4, -0.2) is 31.3 Å². The van der Waals surface area contributed by atoms with Crippen molar-refractivity contribution in [3.8, 4) is 5.75 Å². The number of ether oxygens (including phenoxy) is 2. The molecule has 1 N–H and O–H groups in total. The first-order chi connectivity index (χ1) is 9.27. The summed E-state index contributed by atoms with van der Waals surface area (Å²) in [7, 11) is 0. The maximum absolute atomic E-state index is 5.79. The van der Waals surface area contributed by atoms with Gasteiger partial charge in [-0.3, -0.25) is 4.98 Å². The van der Waals surface area contributed by atoms with Crippen molar-refractivity contribution in [2.75, 3.05) is 26.4 Å². The van der Waals surface area contributed by atoms with E-state index in [1.54, 1.807) is 0 Å². The van der Waals surface area contributed by atoms with Gasteiger partial charge < -0.3 is 14.8 Å². The van der Waals surface area contributed by atoms with Crippen molar-refractivity contribution < 1.29 is 9.47 Å². The van der Waals surface area contributed by atoms with Gasteiger partial charge >= 0.3 is 0 Å². The number of unbranched alkanes of at least 4 members (excludes halogenated alkanes) is 1. The summed E-state index contributed by atoms with van der Waals surface area (Å²) in [6, 6.07) is 1.98. The minimum atomic E-state index is 0.590. The lowest BCUT2D eigenvalue weighted by Gasteiger charge is -2.12.